The molecule has 2 atom stereocenters. The highest BCUT2D eigenvalue weighted by molar-refractivity contribution is 6.14. The standard InChI is InChI=1S/C16H23F3O2/c1-12(2)8-7-9-13(3,4)14(5,6)15(9,10(12)20)11(21)16(17,18)19/h9H,7-8H2,1-6H3. The Morgan fingerprint density at radius 1 is 1.10 bits per heavy atom. The summed E-state index contributed by atoms with van der Waals surface area (Å²) in [5.41, 5.74) is -4.28. The first-order valence-corrected chi connectivity index (χ1v) is 7.31. The van der Waals surface area contributed by atoms with Crippen LogP contribution in [0.4, 0.5) is 13.2 Å². The minimum Gasteiger partial charge on any atom is -0.298 e. The van der Waals surface area contributed by atoms with Gasteiger partial charge in [-0.1, -0.05) is 41.5 Å². The van der Waals surface area contributed by atoms with Crippen molar-refractivity contribution in [3.05, 3.63) is 0 Å². The van der Waals surface area contributed by atoms with E-state index in [1.54, 1.807) is 27.7 Å². The molecule has 0 N–H and O–H groups in total. The maximum absolute atomic E-state index is 13.2. The molecule has 0 spiro atoms. The van der Waals surface area contributed by atoms with Crippen LogP contribution in [0.15, 0.2) is 0 Å². The summed E-state index contributed by atoms with van der Waals surface area (Å²) in [6.45, 7) is 10.3. The van der Waals surface area contributed by atoms with Gasteiger partial charge in [0.05, 0.1) is 0 Å². The molecule has 2 nitrogen and oxygen atoms in total. The Kier molecular flexibility index (Phi) is 3.07. The summed E-state index contributed by atoms with van der Waals surface area (Å²) in [6.07, 6.45) is -3.96. The van der Waals surface area contributed by atoms with Crippen LogP contribution in [0, 0.1) is 27.6 Å². The van der Waals surface area contributed by atoms with Gasteiger partial charge in [-0.2, -0.15) is 13.2 Å². The first-order chi connectivity index (χ1) is 9.15. The van der Waals surface area contributed by atoms with E-state index in [-0.39, 0.29) is 0 Å². The molecule has 2 unspecified atom stereocenters. The lowest BCUT2D eigenvalue weighted by Gasteiger charge is -2.73. The Morgan fingerprint density at radius 2 is 1.57 bits per heavy atom. The smallest absolute Gasteiger partial charge is 0.298 e. The normalized spacial score (nSPS) is 36.6. The first-order valence-electron chi connectivity index (χ1n) is 7.31. The summed E-state index contributed by atoms with van der Waals surface area (Å²) in [4.78, 5) is 25.2. The van der Waals surface area contributed by atoms with Gasteiger partial charge in [0.15, 0.2) is 5.78 Å². The van der Waals surface area contributed by atoms with Crippen LogP contribution in [0.5, 0.6) is 0 Å². The van der Waals surface area contributed by atoms with Crippen LogP contribution < -0.4 is 0 Å². The zero-order valence-electron chi connectivity index (χ0n) is 13.4. The van der Waals surface area contributed by atoms with Gasteiger partial charge in [-0.15, -0.1) is 0 Å². The summed E-state index contributed by atoms with van der Waals surface area (Å²) in [7, 11) is 0. The van der Waals surface area contributed by atoms with Crippen molar-refractivity contribution >= 4 is 11.6 Å². The molecule has 0 heterocycles. The predicted octanol–water partition coefficient (Wildman–Crippen LogP) is 4.18. The largest absolute Gasteiger partial charge is 0.451 e. The molecule has 120 valence electrons. The number of carbonyl (C=O) groups excluding carboxylic acids is 2. The second-order valence-electron chi connectivity index (χ2n) is 8.29. The third-order valence-corrected chi connectivity index (χ3v) is 6.64. The third-order valence-electron chi connectivity index (χ3n) is 6.64. The molecule has 0 aromatic carbocycles. The molecule has 0 radical (unpaired) electrons. The average Bonchev–Trinajstić information content (AvgIpc) is 2.29. The van der Waals surface area contributed by atoms with Crippen LogP contribution in [-0.4, -0.2) is 17.7 Å². The van der Waals surface area contributed by atoms with Gasteiger partial charge in [0.1, 0.15) is 5.41 Å². The fraction of sp³-hybridized carbons (Fsp3) is 0.875. The molecule has 0 saturated heterocycles. The quantitative estimate of drug-likeness (QED) is 0.681. The van der Waals surface area contributed by atoms with E-state index < -0.39 is 45.3 Å². The van der Waals surface area contributed by atoms with Crippen molar-refractivity contribution in [3.8, 4) is 0 Å². The second kappa shape index (κ2) is 3.90. The van der Waals surface area contributed by atoms with Gasteiger partial charge in [0.25, 0.3) is 5.78 Å². The monoisotopic (exact) mass is 304 g/mol. The molecular formula is C16H23F3O2. The van der Waals surface area contributed by atoms with Crippen LogP contribution in [0.25, 0.3) is 0 Å². The molecule has 0 amide bonds. The maximum atomic E-state index is 13.2. The number of halogens is 3. The fourth-order valence-corrected chi connectivity index (χ4v) is 4.78. The van der Waals surface area contributed by atoms with Crippen molar-refractivity contribution in [1.82, 2.24) is 0 Å². The molecule has 2 saturated carbocycles. The van der Waals surface area contributed by atoms with Crippen LogP contribution >= 0.6 is 0 Å². The third kappa shape index (κ3) is 1.61. The zero-order chi connectivity index (χ0) is 16.6. The molecule has 0 bridgehead atoms. The number of rotatable bonds is 1. The van der Waals surface area contributed by atoms with E-state index in [4.69, 9.17) is 0 Å². The molecule has 2 aliphatic carbocycles. The summed E-state index contributed by atoms with van der Waals surface area (Å²) in [5.74, 6) is -2.91. The second-order valence-corrected chi connectivity index (χ2v) is 8.29. The highest BCUT2D eigenvalue weighted by Crippen LogP contribution is 2.77. The SMILES string of the molecule is CC1(C)CCC2C(C)(C)C(C)(C)C2(C(=O)C(F)(F)F)C1=O. The Morgan fingerprint density at radius 3 is 2.00 bits per heavy atom. The lowest BCUT2D eigenvalue weighted by molar-refractivity contribution is -0.265. The highest BCUT2D eigenvalue weighted by Gasteiger charge is 2.82. The number of ketones is 2. The fourth-order valence-electron chi connectivity index (χ4n) is 4.78. The van der Waals surface area contributed by atoms with Crippen molar-refractivity contribution in [2.24, 2.45) is 27.6 Å². The van der Waals surface area contributed by atoms with Crippen molar-refractivity contribution in [2.45, 2.75) is 60.6 Å². The molecule has 5 heteroatoms. The van der Waals surface area contributed by atoms with E-state index in [1.165, 1.54) is 0 Å². The average molecular weight is 304 g/mol. The van der Waals surface area contributed by atoms with Gasteiger partial charge in [-0.25, -0.2) is 0 Å². The lowest BCUT2D eigenvalue weighted by Crippen LogP contribution is -2.78. The highest BCUT2D eigenvalue weighted by atomic mass is 19.4. The summed E-state index contributed by atoms with van der Waals surface area (Å²) in [5, 5.41) is 0. The number of fused-ring (bicyclic) bond motifs is 1. The van der Waals surface area contributed by atoms with Crippen LogP contribution in [0.1, 0.15) is 54.4 Å². The van der Waals surface area contributed by atoms with Crippen molar-refractivity contribution < 1.29 is 22.8 Å². The molecule has 0 aromatic heterocycles. The number of hydrogen-bond acceptors (Lipinski definition) is 2. The predicted molar refractivity (Wildman–Crippen MR) is 72.6 cm³/mol. The zero-order valence-corrected chi connectivity index (χ0v) is 13.4. The van der Waals surface area contributed by atoms with Crippen LogP contribution in [0.2, 0.25) is 0 Å². The molecular weight excluding hydrogens is 281 g/mol. The Balaban J connectivity index is 2.69. The van der Waals surface area contributed by atoms with E-state index in [0.717, 1.165) is 0 Å². The first kappa shape index (κ1) is 16.5. The minimum absolute atomic E-state index is 0.472. The van der Waals surface area contributed by atoms with Crippen molar-refractivity contribution in [2.75, 3.05) is 0 Å². The van der Waals surface area contributed by atoms with E-state index in [2.05, 4.69) is 0 Å². The molecule has 2 fully saturated rings. The maximum Gasteiger partial charge on any atom is 0.451 e. The lowest BCUT2D eigenvalue weighted by atomic mass is 9.27. The Bertz CT molecular complexity index is 504. The van der Waals surface area contributed by atoms with E-state index >= 15 is 0 Å². The van der Waals surface area contributed by atoms with E-state index in [0.29, 0.717) is 12.8 Å². The Labute approximate surface area is 123 Å². The van der Waals surface area contributed by atoms with Crippen LogP contribution in [-0.2, 0) is 9.59 Å². The number of alkyl halides is 3. The molecule has 21 heavy (non-hydrogen) atoms. The number of hydrogen-bond donors (Lipinski definition) is 0. The molecule has 2 rings (SSSR count). The Hall–Kier alpha value is -0.870. The summed E-state index contributed by atoms with van der Waals surface area (Å²) in [6, 6.07) is 0. The molecule has 2 aliphatic rings. The van der Waals surface area contributed by atoms with Gasteiger partial charge in [0, 0.05) is 5.41 Å². The van der Waals surface area contributed by atoms with Gasteiger partial charge < -0.3 is 0 Å². The number of carbonyl (C=O) groups is 2. The topological polar surface area (TPSA) is 34.1 Å². The summed E-state index contributed by atoms with van der Waals surface area (Å²) < 4.78 is 39.6. The molecule has 0 aliphatic heterocycles. The van der Waals surface area contributed by atoms with Gasteiger partial charge in [0.2, 0.25) is 0 Å². The van der Waals surface area contributed by atoms with E-state index in [9.17, 15) is 22.8 Å². The van der Waals surface area contributed by atoms with E-state index in [1.807, 2.05) is 13.8 Å². The minimum atomic E-state index is -4.98. The van der Waals surface area contributed by atoms with Gasteiger partial charge in [-0.05, 0) is 29.6 Å². The molecule has 0 aromatic rings. The van der Waals surface area contributed by atoms with Gasteiger partial charge >= 0.3 is 6.18 Å². The van der Waals surface area contributed by atoms with Crippen LogP contribution in [0.3, 0.4) is 0 Å². The van der Waals surface area contributed by atoms with Crippen molar-refractivity contribution in [3.63, 3.8) is 0 Å². The van der Waals surface area contributed by atoms with Crippen molar-refractivity contribution in [1.29, 1.82) is 0 Å². The summed E-state index contributed by atoms with van der Waals surface area (Å²) >= 11 is 0. The number of Topliss-reactive ketones (excluding diaryl/α,β-unsaturated/α-hetero) is 2. The van der Waals surface area contributed by atoms with Gasteiger partial charge in [-0.3, -0.25) is 9.59 Å².